The van der Waals surface area contributed by atoms with Crippen molar-refractivity contribution in [3.63, 3.8) is 0 Å². The summed E-state index contributed by atoms with van der Waals surface area (Å²) >= 11 is 0. The number of aromatic nitrogens is 1. The van der Waals surface area contributed by atoms with Crippen molar-refractivity contribution in [2.45, 2.75) is 38.3 Å². The standard InChI is InChI=1S/C12H18N2O4/c1-3-17-11(15)9-7-18-12(14-9)13-8-5-4-6-10(8)16-2/h7-8,10H,3-6H2,1-2H3,(H,13,14). The summed E-state index contributed by atoms with van der Waals surface area (Å²) in [4.78, 5) is 15.5. The van der Waals surface area contributed by atoms with Gasteiger partial charge in [-0.15, -0.1) is 0 Å². The SMILES string of the molecule is CCOC(=O)c1coc(NC2CCCC2OC)n1. The number of oxazole rings is 1. The molecule has 0 radical (unpaired) electrons. The van der Waals surface area contributed by atoms with E-state index in [0.29, 0.717) is 12.6 Å². The molecule has 1 aromatic rings. The molecule has 1 fully saturated rings. The number of carbonyl (C=O) groups excluding carboxylic acids is 1. The molecule has 6 heteroatoms. The van der Waals surface area contributed by atoms with Crippen LogP contribution in [0.5, 0.6) is 0 Å². The summed E-state index contributed by atoms with van der Waals surface area (Å²) in [6, 6.07) is 0.524. The normalized spacial score (nSPS) is 23.0. The van der Waals surface area contributed by atoms with Crippen LogP contribution in [-0.2, 0) is 9.47 Å². The molecule has 100 valence electrons. The zero-order valence-corrected chi connectivity index (χ0v) is 10.6. The van der Waals surface area contributed by atoms with Gasteiger partial charge in [0.05, 0.1) is 18.8 Å². The van der Waals surface area contributed by atoms with Crippen molar-refractivity contribution in [3.8, 4) is 0 Å². The minimum Gasteiger partial charge on any atom is -0.461 e. The predicted octanol–water partition coefficient (Wildman–Crippen LogP) is 1.83. The highest BCUT2D eigenvalue weighted by atomic mass is 16.5. The molecule has 2 unspecified atom stereocenters. The van der Waals surface area contributed by atoms with Crippen LogP contribution in [0.2, 0.25) is 0 Å². The number of hydrogen-bond acceptors (Lipinski definition) is 6. The van der Waals surface area contributed by atoms with E-state index in [-0.39, 0.29) is 17.8 Å². The molecule has 2 atom stereocenters. The lowest BCUT2D eigenvalue weighted by atomic mass is 10.2. The Labute approximate surface area is 106 Å². The lowest BCUT2D eigenvalue weighted by Crippen LogP contribution is -2.29. The lowest BCUT2D eigenvalue weighted by molar-refractivity contribution is 0.0519. The van der Waals surface area contributed by atoms with Gasteiger partial charge in [-0.3, -0.25) is 0 Å². The highest BCUT2D eigenvalue weighted by Gasteiger charge is 2.28. The highest BCUT2D eigenvalue weighted by Crippen LogP contribution is 2.24. The highest BCUT2D eigenvalue weighted by molar-refractivity contribution is 5.87. The van der Waals surface area contributed by atoms with Crippen LogP contribution in [0.3, 0.4) is 0 Å². The molecule has 18 heavy (non-hydrogen) atoms. The van der Waals surface area contributed by atoms with Gasteiger partial charge in [0.25, 0.3) is 6.01 Å². The van der Waals surface area contributed by atoms with Crippen molar-refractivity contribution in [1.82, 2.24) is 4.98 Å². The number of nitrogens with zero attached hydrogens (tertiary/aromatic N) is 1. The van der Waals surface area contributed by atoms with Crippen molar-refractivity contribution in [2.75, 3.05) is 19.0 Å². The molecule has 0 spiro atoms. The number of hydrogen-bond donors (Lipinski definition) is 1. The van der Waals surface area contributed by atoms with E-state index in [1.165, 1.54) is 6.26 Å². The minimum absolute atomic E-state index is 0.169. The Balaban J connectivity index is 1.96. The van der Waals surface area contributed by atoms with Crippen LogP contribution in [0.4, 0.5) is 6.01 Å². The Hall–Kier alpha value is -1.56. The van der Waals surface area contributed by atoms with Crippen molar-refractivity contribution >= 4 is 12.0 Å². The molecule has 1 aliphatic rings. The molecule has 6 nitrogen and oxygen atoms in total. The van der Waals surface area contributed by atoms with Gasteiger partial charge in [-0.2, -0.15) is 4.98 Å². The van der Waals surface area contributed by atoms with Crippen molar-refractivity contribution in [1.29, 1.82) is 0 Å². The molecule has 1 N–H and O–H groups in total. The summed E-state index contributed by atoms with van der Waals surface area (Å²) < 4.78 is 15.4. The van der Waals surface area contributed by atoms with E-state index in [1.807, 2.05) is 0 Å². The zero-order chi connectivity index (χ0) is 13.0. The summed E-state index contributed by atoms with van der Waals surface area (Å²) in [7, 11) is 1.70. The Kier molecular flexibility index (Phi) is 4.19. The fourth-order valence-electron chi connectivity index (χ4n) is 2.17. The van der Waals surface area contributed by atoms with E-state index in [0.717, 1.165) is 19.3 Å². The van der Waals surface area contributed by atoms with E-state index in [2.05, 4.69) is 10.3 Å². The maximum Gasteiger partial charge on any atom is 0.360 e. The quantitative estimate of drug-likeness (QED) is 0.808. The Morgan fingerprint density at radius 1 is 1.61 bits per heavy atom. The van der Waals surface area contributed by atoms with E-state index in [9.17, 15) is 4.79 Å². The van der Waals surface area contributed by atoms with Gasteiger partial charge in [-0.1, -0.05) is 0 Å². The molecule has 1 aliphatic carbocycles. The van der Waals surface area contributed by atoms with E-state index < -0.39 is 5.97 Å². The van der Waals surface area contributed by atoms with Crippen LogP contribution in [0, 0.1) is 0 Å². The Morgan fingerprint density at radius 3 is 3.17 bits per heavy atom. The number of esters is 1. The molecule has 0 aliphatic heterocycles. The summed E-state index contributed by atoms with van der Waals surface area (Å²) in [6.45, 7) is 2.07. The summed E-state index contributed by atoms with van der Waals surface area (Å²) in [5.74, 6) is -0.469. The number of nitrogens with one attached hydrogen (secondary N) is 1. The summed E-state index contributed by atoms with van der Waals surface area (Å²) in [5.41, 5.74) is 0.186. The second-order valence-corrected chi connectivity index (χ2v) is 4.21. The van der Waals surface area contributed by atoms with Gasteiger partial charge in [0.2, 0.25) is 0 Å². The molecule has 2 rings (SSSR count). The topological polar surface area (TPSA) is 73.6 Å². The van der Waals surface area contributed by atoms with E-state index in [4.69, 9.17) is 13.9 Å². The van der Waals surface area contributed by atoms with Crippen LogP contribution in [-0.4, -0.2) is 36.8 Å². The molecule has 0 saturated heterocycles. The maximum atomic E-state index is 11.4. The van der Waals surface area contributed by atoms with E-state index >= 15 is 0 Å². The molecule has 1 saturated carbocycles. The molecule has 0 bridgehead atoms. The molecule has 1 aromatic heterocycles. The number of rotatable bonds is 5. The minimum atomic E-state index is -0.469. The number of ether oxygens (including phenoxy) is 2. The fraction of sp³-hybridized carbons (Fsp3) is 0.667. The van der Waals surface area contributed by atoms with Crippen LogP contribution < -0.4 is 5.32 Å². The third-order valence-electron chi connectivity index (χ3n) is 3.05. The first kappa shape index (κ1) is 12.9. The Bertz CT molecular complexity index is 405. The second-order valence-electron chi connectivity index (χ2n) is 4.21. The van der Waals surface area contributed by atoms with Crippen molar-refractivity contribution in [3.05, 3.63) is 12.0 Å². The molecule has 0 amide bonds. The maximum absolute atomic E-state index is 11.4. The van der Waals surface area contributed by atoms with Gasteiger partial charge < -0.3 is 19.2 Å². The van der Waals surface area contributed by atoms with Crippen LogP contribution >= 0.6 is 0 Å². The van der Waals surface area contributed by atoms with Gasteiger partial charge in [0.15, 0.2) is 5.69 Å². The summed E-state index contributed by atoms with van der Waals surface area (Å²) in [5, 5.41) is 3.15. The smallest absolute Gasteiger partial charge is 0.360 e. The average molecular weight is 254 g/mol. The average Bonchev–Trinajstić information content (AvgIpc) is 2.99. The predicted molar refractivity (Wildman–Crippen MR) is 64.5 cm³/mol. The molecule has 0 aromatic carbocycles. The first-order valence-electron chi connectivity index (χ1n) is 6.16. The number of anilines is 1. The Morgan fingerprint density at radius 2 is 2.44 bits per heavy atom. The third-order valence-corrected chi connectivity index (χ3v) is 3.05. The van der Waals surface area contributed by atoms with Crippen molar-refractivity contribution in [2.24, 2.45) is 0 Å². The van der Waals surface area contributed by atoms with Gasteiger partial charge >= 0.3 is 5.97 Å². The number of methoxy groups -OCH3 is 1. The summed E-state index contributed by atoms with van der Waals surface area (Å²) in [6.07, 6.45) is 4.62. The molecular weight excluding hydrogens is 236 g/mol. The first-order valence-corrected chi connectivity index (χ1v) is 6.16. The number of carbonyl (C=O) groups is 1. The van der Waals surface area contributed by atoms with Crippen LogP contribution in [0.25, 0.3) is 0 Å². The van der Waals surface area contributed by atoms with Gasteiger partial charge in [-0.25, -0.2) is 4.79 Å². The lowest BCUT2D eigenvalue weighted by Gasteiger charge is -2.18. The third kappa shape index (κ3) is 2.81. The molecule has 1 heterocycles. The van der Waals surface area contributed by atoms with Gasteiger partial charge in [0, 0.05) is 7.11 Å². The molecular formula is C12H18N2O4. The van der Waals surface area contributed by atoms with Gasteiger partial charge in [-0.05, 0) is 26.2 Å². The van der Waals surface area contributed by atoms with Crippen LogP contribution in [0.15, 0.2) is 10.7 Å². The monoisotopic (exact) mass is 254 g/mol. The van der Waals surface area contributed by atoms with Crippen molar-refractivity contribution < 1.29 is 18.7 Å². The first-order chi connectivity index (χ1) is 8.74. The van der Waals surface area contributed by atoms with Gasteiger partial charge in [0.1, 0.15) is 6.26 Å². The van der Waals surface area contributed by atoms with E-state index in [1.54, 1.807) is 14.0 Å². The zero-order valence-electron chi connectivity index (χ0n) is 10.6. The largest absolute Gasteiger partial charge is 0.461 e. The second kappa shape index (κ2) is 5.86. The fourth-order valence-corrected chi connectivity index (χ4v) is 2.17. The van der Waals surface area contributed by atoms with Crippen LogP contribution in [0.1, 0.15) is 36.7 Å².